The van der Waals surface area contributed by atoms with Crippen molar-refractivity contribution in [3.63, 3.8) is 0 Å². The van der Waals surface area contributed by atoms with Gasteiger partial charge in [-0.15, -0.1) is 0 Å². The number of carbonyl (C=O) groups is 1. The van der Waals surface area contributed by atoms with Crippen LogP contribution in [0, 0.1) is 10.1 Å². The van der Waals surface area contributed by atoms with Crippen LogP contribution in [0.25, 0.3) is 0 Å². The van der Waals surface area contributed by atoms with Crippen LogP contribution in [-0.4, -0.2) is 41.9 Å². The van der Waals surface area contributed by atoms with E-state index >= 15 is 0 Å². The molecule has 0 heterocycles. The Morgan fingerprint density at radius 3 is 2.60 bits per heavy atom. The molecule has 0 bridgehead atoms. The standard InChI is InChI=1S/C13H20N4O3/c1-3-16(4-2)8-7-15-13(18)10-5-6-11(14)12(9-10)17(19)20/h5-6,9H,3-4,7-8,14H2,1-2H3,(H,15,18). The zero-order chi connectivity index (χ0) is 15.1. The van der Waals surface area contributed by atoms with E-state index in [2.05, 4.69) is 24.1 Å². The lowest BCUT2D eigenvalue weighted by atomic mass is 10.1. The van der Waals surface area contributed by atoms with Crippen molar-refractivity contribution >= 4 is 17.3 Å². The van der Waals surface area contributed by atoms with Crippen molar-refractivity contribution in [2.75, 3.05) is 31.9 Å². The molecule has 0 radical (unpaired) electrons. The van der Waals surface area contributed by atoms with Crippen molar-refractivity contribution in [1.29, 1.82) is 0 Å². The molecule has 1 aromatic carbocycles. The van der Waals surface area contributed by atoms with Crippen molar-refractivity contribution in [2.45, 2.75) is 13.8 Å². The lowest BCUT2D eigenvalue weighted by Gasteiger charge is -2.17. The summed E-state index contributed by atoms with van der Waals surface area (Å²) in [6, 6.07) is 4.05. The third-order valence-electron chi connectivity index (χ3n) is 3.10. The summed E-state index contributed by atoms with van der Waals surface area (Å²) in [6.07, 6.45) is 0. The van der Waals surface area contributed by atoms with Crippen LogP contribution in [0.2, 0.25) is 0 Å². The van der Waals surface area contributed by atoms with Gasteiger partial charge in [-0.1, -0.05) is 13.8 Å². The number of hydrogen-bond acceptors (Lipinski definition) is 5. The first-order valence-electron chi connectivity index (χ1n) is 6.54. The summed E-state index contributed by atoms with van der Waals surface area (Å²) >= 11 is 0. The summed E-state index contributed by atoms with van der Waals surface area (Å²) in [7, 11) is 0. The first kappa shape index (κ1) is 15.9. The molecule has 0 aliphatic carbocycles. The molecular weight excluding hydrogens is 260 g/mol. The van der Waals surface area contributed by atoms with E-state index in [1.807, 2.05) is 0 Å². The topological polar surface area (TPSA) is 102 Å². The lowest BCUT2D eigenvalue weighted by molar-refractivity contribution is -0.383. The van der Waals surface area contributed by atoms with Gasteiger partial charge < -0.3 is 16.0 Å². The van der Waals surface area contributed by atoms with Crippen molar-refractivity contribution in [2.24, 2.45) is 0 Å². The number of rotatable bonds is 7. The van der Waals surface area contributed by atoms with Crippen LogP contribution in [0.4, 0.5) is 11.4 Å². The van der Waals surface area contributed by atoms with Crippen LogP contribution in [0.1, 0.15) is 24.2 Å². The summed E-state index contributed by atoms with van der Waals surface area (Å²) in [5.41, 5.74) is 5.53. The molecule has 7 nitrogen and oxygen atoms in total. The zero-order valence-electron chi connectivity index (χ0n) is 11.8. The maximum atomic E-state index is 11.9. The predicted octanol–water partition coefficient (Wildman–Crippen LogP) is 1.25. The molecule has 0 saturated carbocycles. The van der Waals surface area contributed by atoms with Crippen LogP contribution >= 0.6 is 0 Å². The number of hydrogen-bond donors (Lipinski definition) is 2. The average molecular weight is 280 g/mol. The molecule has 20 heavy (non-hydrogen) atoms. The second kappa shape index (κ2) is 7.44. The molecule has 0 aliphatic heterocycles. The van der Waals surface area contributed by atoms with Crippen LogP contribution in [-0.2, 0) is 0 Å². The number of amides is 1. The number of nitrogens with one attached hydrogen (secondary N) is 1. The molecule has 1 amide bonds. The summed E-state index contributed by atoms with van der Waals surface area (Å²) in [6.45, 7) is 7.18. The Bertz CT molecular complexity index is 487. The first-order valence-corrected chi connectivity index (χ1v) is 6.54. The number of nitrogens with two attached hydrogens (primary N) is 1. The number of nitro benzene ring substituents is 1. The summed E-state index contributed by atoms with van der Waals surface area (Å²) in [5.74, 6) is -0.333. The van der Waals surface area contributed by atoms with E-state index in [0.717, 1.165) is 19.6 Å². The van der Waals surface area contributed by atoms with E-state index in [1.165, 1.54) is 18.2 Å². The van der Waals surface area contributed by atoms with Crippen LogP contribution < -0.4 is 11.1 Å². The lowest BCUT2D eigenvalue weighted by Crippen LogP contribution is -2.34. The number of nitro groups is 1. The maximum absolute atomic E-state index is 11.9. The molecule has 1 rings (SSSR count). The molecule has 0 aromatic heterocycles. The molecule has 0 spiro atoms. The quantitative estimate of drug-likeness (QED) is 0.444. The average Bonchev–Trinajstić information content (AvgIpc) is 2.43. The number of benzene rings is 1. The summed E-state index contributed by atoms with van der Waals surface area (Å²) in [4.78, 5) is 24.2. The van der Waals surface area contributed by atoms with E-state index in [0.29, 0.717) is 6.54 Å². The highest BCUT2D eigenvalue weighted by molar-refractivity contribution is 5.95. The molecule has 0 aliphatic rings. The Labute approximate surface area is 117 Å². The molecule has 0 atom stereocenters. The molecule has 7 heteroatoms. The number of nitrogen functional groups attached to an aromatic ring is 1. The van der Waals surface area contributed by atoms with Gasteiger partial charge in [-0.2, -0.15) is 0 Å². The third-order valence-corrected chi connectivity index (χ3v) is 3.10. The Morgan fingerprint density at radius 1 is 1.40 bits per heavy atom. The van der Waals surface area contributed by atoms with E-state index in [9.17, 15) is 14.9 Å². The van der Waals surface area contributed by atoms with Gasteiger partial charge in [-0.25, -0.2) is 0 Å². The second-order valence-corrected chi connectivity index (χ2v) is 4.31. The van der Waals surface area contributed by atoms with Crippen LogP contribution in [0.3, 0.4) is 0 Å². The van der Waals surface area contributed by atoms with Crippen LogP contribution in [0.15, 0.2) is 18.2 Å². The minimum atomic E-state index is -0.595. The van der Waals surface area contributed by atoms with Gasteiger partial charge in [0, 0.05) is 24.7 Å². The van der Waals surface area contributed by atoms with Crippen molar-refractivity contribution in [1.82, 2.24) is 10.2 Å². The number of likely N-dealkylation sites (N-methyl/N-ethyl adjacent to an activating group) is 1. The predicted molar refractivity (Wildman–Crippen MR) is 77.6 cm³/mol. The number of carbonyl (C=O) groups excluding carboxylic acids is 1. The van der Waals surface area contributed by atoms with Gasteiger partial charge in [0.25, 0.3) is 11.6 Å². The van der Waals surface area contributed by atoms with E-state index in [-0.39, 0.29) is 22.8 Å². The van der Waals surface area contributed by atoms with Gasteiger partial charge in [0.1, 0.15) is 5.69 Å². The highest BCUT2D eigenvalue weighted by atomic mass is 16.6. The monoisotopic (exact) mass is 280 g/mol. The molecular formula is C13H20N4O3. The van der Waals surface area contributed by atoms with E-state index in [1.54, 1.807) is 0 Å². The SMILES string of the molecule is CCN(CC)CCNC(=O)c1ccc(N)c([N+](=O)[O-])c1. The first-order chi connectivity index (χ1) is 9.49. The normalized spacial score (nSPS) is 10.6. The maximum Gasteiger partial charge on any atom is 0.292 e. The van der Waals surface area contributed by atoms with Gasteiger partial charge in [-0.05, 0) is 25.2 Å². The fourth-order valence-corrected chi connectivity index (χ4v) is 1.81. The van der Waals surface area contributed by atoms with Gasteiger partial charge in [0.2, 0.25) is 0 Å². The van der Waals surface area contributed by atoms with E-state index in [4.69, 9.17) is 5.73 Å². The Hall–Kier alpha value is -2.15. The fraction of sp³-hybridized carbons (Fsp3) is 0.462. The van der Waals surface area contributed by atoms with Gasteiger partial charge in [-0.3, -0.25) is 14.9 Å². The van der Waals surface area contributed by atoms with Crippen molar-refractivity contribution < 1.29 is 9.72 Å². The number of anilines is 1. The highest BCUT2D eigenvalue weighted by Gasteiger charge is 2.15. The Morgan fingerprint density at radius 2 is 2.05 bits per heavy atom. The molecule has 110 valence electrons. The molecule has 0 saturated heterocycles. The van der Waals surface area contributed by atoms with Crippen LogP contribution in [0.5, 0.6) is 0 Å². The van der Waals surface area contributed by atoms with Gasteiger partial charge in [0.05, 0.1) is 4.92 Å². The Kier molecular flexibility index (Phi) is 5.92. The number of nitrogens with zero attached hydrogens (tertiary/aromatic N) is 2. The summed E-state index contributed by atoms with van der Waals surface area (Å²) in [5, 5.41) is 13.5. The minimum absolute atomic E-state index is 0.0506. The van der Waals surface area contributed by atoms with Crippen molar-refractivity contribution in [3.05, 3.63) is 33.9 Å². The van der Waals surface area contributed by atoms with Crippen molar-refractivity contribution in [3.8, 4) is 0 Å². The molecule has 0 fully saturated rings. The molecule has 0 unspecified atom stereocenters. The van der Waals surface area contributed by atoms with Gasteiger partial charge in [0.15, 0.2) is 0 Å². The molecule has 3 N–H and O–H groups in total. The second-order valence-electron chi connectivity index (χ2n) is 4.31. The Balaban J connectivity index is 2.64. The van der Waals surface area contributed by atoms with Gasteiger partial charge >= 0.3 is 0 Å². The highest BCUT2D eigenvalue weighted by Crippen LogP contribution is 2.22. The molecule has 1 aromatic rings. The zero-order valence-corrected chi connectivity index (χ0v) is 11.8. The smallest absolute Gasteiger partial charge is 0.292 e. The van der Waals surface area contributed by atoms with E-state index < -0.39 is 4.92 Å². The fourth-order valence-electron chi connectivity index (χ4n) is 1.81. The largest absolute Gasteiger partial charge is 0.393 e. The third kappa shape index (κ3) is 4.20. The summed E-state index contributed by atoms with van der Waals surface area (Å²) < 4.78 is 0. The minimum Gasteiger partial charge on any atom is -0.393 e.